The zero-order valence-corrected chi connectivity index (χ0v) is 40.9. The molecule has 0 rings (SSSR count). The molecule has 0 fully saturated rings. The van der Waals surface area contributed by atoms with Crippen molar-refractivity contribution < 1.29 is 15.0 Å². The van der Waals surface area contributed by atoms with Crippen LogP contribution in [0, 0.1) is 0 Å². The fraction of sp³-hybridized carbons (Fsp3) is 0.807. The number of carbonyl (C=O) groups excluding carboxylic acids is 1. The number of allylic oxidation sites excluding steroid dienone is 9. The van der Waals surface area contributed by atoms with Crippen LogP contribution in [0.2, 0.25) is 0 Å². The van der Waals surface area contributed by atoms with E-state index in [4.69, 9.17) is 0 Å². The van der Waals surface area contributed by atoms with E-state index < -0.39 is 12.1 Å². The van der Waals surface area contributed by atoms with Crippen molar-refractivity contribution in [3.63, 3.8) is 0 Å². The minimum atomic E-state index is -0.875. The molecule has 0 aromatic rings. The third kappa shape index (κ3) is 49.0. The summed E-state index contributed by atoms with van der Waals surface area (Å²) in [5.74, 6) is -0.0817. The van der Waals surface area contributed by atoms with E-state index in [1.807, 2.05) is 6.08 Å². The van der Waals surface area contributed by atoms with Crippen LogP contribution in [0.3, 0.4) is 0 Å². The molecule has 4 nitrogen and oxygen atoms in total. The Morgan fingerprint density at radius 3 is 1.05 bits per heavy atom. The number of unbranched alkanes of at least 4 members (excludes halogenated alkanes) is 34. The fourth-order valence-electron chi connectivity index (χ4n) is 8.07. The van der Waals surface area contributed by atoms with Gasteiger partial charge in [0.25, 0.3) is 0 Å². The summed E-state index contributed by atoms with van der Waals surface area (Å²) in [6, 6.07) is -0.651. The Morgan fingerprint density at radius 2 is 0.689 bits per heavy atom. The molecule has 356 valence electrons. The molecule has 0 aliphatic heterocycles. The Kier molecular flexibility index (Phi) is 50.8. The highest BCUT2D eigenvalue weighted by Gasteiger charge is 2.17. The van der Waals surface area contributed by atoms with Crippen LogP contribution in [-0.4, -0.2) is 34.9 Å². The summed E-state index contributed by atoms with van der Waals surface area (Å²) in [4.78, 5) is 12.4. The minimum Gasteiger partial charge on any atom is -0.394 e. The Labute approximate surface area is 381 Å². The second kappa shape index (κ2) is 52.4. The Hall–Kier alpha value is -1.91. The minimum absolute atomic E-state index is 0.0817. The molecule has 61 heavy (non-hydrogen) atoms. The monoisotopic (exact) mass is 852 g/mol. The lowest BCUT2D eigenvalue weighted by Gasteiger charge is -2.19. The van der Waals surface area contributed by atoms with Crippen LogP contribution < -0.4 is 5.32 Å². The third-order valence-corrected chi connectivity index (χ3v) is 12.2. The van der Waals surface area contributed by atoms with Gasteiger partial charge in [0.1, 0.15) is 0 Å². The highest BCUT2D eigenvalue weighted by atomic mass is 16.3. The highest BCUT2D eigenvalue weighted by molar-refractivity contribution is 5.76. The largest absolute Gasteiger partial charge is 0.394 e. The lowest BCUT2D eigenvalue weighted by Crippen LogP contribution is -2.45. The van der Waals surface area contributed by atoms with E-state index in [1.165, 1.54) is 212 Å². The number of hydrogen-bond donors (Lipinski definition) is 3. The summed E-state index contributed by atoms with van der Waals surface area (Å²) in [7, 11) is 0. The van der Waals surface area contributed by atoms with E-state index in [-0.39, 0.29) is 12.5 Å². The number of amides is 1. The lowest BCUT2D eigenvalue weighted by atomic mass is 10.0. The first kappa shape index (κ1) is 59.1. The number of nitrogens with one attached hydrogen (secondary N) is 1. The van der Waals surface area contributed by atoms with Crippen molar-refractivity contribution in [2.24, 2.45) is 0 Å². The third-order valence-electron chi connectivity index (χ3n) is 12.2. The maximum atomic E-state index is 12.4. The summed E-state index contributed by atoms with van der Waals surface area (Å²) in [6.45, 7) is 4.30. The van der Waals surface area contributed by atoms with Crippen LogP contribution in [0.15, 0.2) is 60.8 Å². The van der Waals surface area contributed by atoms with Gasteiger partial charge in [-0.2, -0.15) is 0 Å². The maximum absolute atomic E-state index is 12.4. The molecule has 0 aromatic carbocycles. The van der Waals surface area contributed by atoms with Gasteiger partial charge in [0.15, 0.2) is 0 Å². The van der Waals surface area contributed by atoms with Crippen molar-refractivity contribution in [1.82, 2.24) is 5.32 Å². The van der Waals surface area contributed by atoms with Crippen LogP contribution in [0.4, 0.5) is 0 Å². The average molecular weight is 852 g/mol. The first-order valence-electron chi connectivity index (χ1n) is 27.0. The SMILES string of the molecule is CCCCCCC/C=C\C/C=C\CCCCCCCCCCCC(=O)NC(CO)C(O)/C=C/CC/C=C/CC/C=C/CCCCCCCCCCCCCCCCCCCC. The topological polar surface area (TPSA) is 69.6 Å². The number of aliphatic hydroxyl groups excluding tert-OH is 2. The molecule has 0 aliphatic rings. The van der Waals surface area contributed by atoms with Gasteiger partial charge in [-0.25, -0.2) is 0 Å². The number of carbonyl (C=O) groups is 1. The molecular formula is C57H105NO3. The van der Waals surface area contributed by atoms with Crippen molar-refractivity contribution in [3.05, 3.63) is 60.8 Å². The van der Waals surface area contributed by atoms with Crippen LogP contribution >= 0.6 is 0 Å². The molecule has 2 unspecified atom stereocenters. The Balaban J connectivity index is 3.59. The summed E-state index contributed by atoms with van der Waals surface area (Å²) >= 11 is 0. The lowest BCUT2D eigenvalue weighted by molar-refractivity contribution is -0.123. The normalized spacial score (nSPS) is 13.3. The number of hydrogen-bond acceptors (Lipinski definition) is 3. The molecule has 0 heterocycles. The predicted octanol–water partition coefficient (Wildman–Crippen LogP) is 17.6. The standard InChI is InChI=1S/C57H105NO3/c1-3-5-7-9-11-13-15-17-19-21-23-25-26-27-28-29-30-31-33-34-36-38-40-42-44-46-48-50-52-56(60)55(54-59)58-57(61)53-51-49-47-45-43-41-39-37-35-32-24-22-20-18-16-14-12-10-8-6-4-2/h16,18,22,24,34,36,42,44,50,52,55-56,59-60H,3-15,17,19-21,23,25-33,35,37-41,43,45-49,51,53-54H2,1-2H3,(H,58,61)/b18-16-,24-22-,36-34+,44-42+,52-50+. The molecule has 3 N–H and O–H groups in total. The number of aliphatic hydroxyl groups is 2. The smallest absolute Gasteiger partial charge is 0.220 e. The highest BCUT2D eigenvalue weighted by Crippen LogP contribution is 2.16. The van der Waals surface area contributed by atoms with Gasteiger partial charge in [0.2, 0.25) is 5.91 Å². The maximum Gasteiger partial charge on any atom is 0.220 e. The van der Waals surface area contributed by atoms with E-state index in [1.54, 1.807) is 6.08 Å². The van der Waals surface area contributed by atoms with Crippen molar-refractivity contribution in [2.45, 2.75) is 289 Å². The molecule has 4 heteroatoms. The molecule has 0 aliphatic carbocycles. The first-order valence-corrected chi connectivity index (χ1v) is 27.0. The Morgan fingerprint density at radius 1 is 0.393 bits per heavy atom. The quantitative estimate of drug-likeness (QED) is 0.0422. The van der Waals surface area contributed by atoms with Crippen LogP contribution in [0.1, 0.15) is 277 Å². The summed E-state index contributed by atoms with van der Waals surface area (Å²) in [5.41, 5.74) is 0. The molecule has 0 aromatic heterocycles. The first-order chi connectivity index (χ1) is 30.2. The van der Waals surface area contributed by atoms with Crippen molar-refractivity contribution >= 4 is 5.91 Å². The van der Waals surface area contributed by atoms with E-state index in [0.717, 1.165) is 44.9 Å². The van der Waals surface area contributed by atoms with Crippen LogP contribution in [0.5, 0.6) is 0 Å². The molecule has 0 radical (unpaired) electrons. The zero-order chi connectivity index (χ0) is 44.2. The molecule has 0 saturated heterocycles. The van der Waals surface area contributed by atoms with Gasteiger partial charge in [0, 0.05) is 6.42 Å². The molecular weight excluding hydrogens is 747 g/mol. The van der Waals surface area contributed by atoms with Gasteiger partial charge in [-0.15, -0.1) is 0 Å². The molecule has 1 amide bonds. The van der Waals surface area contributed by atoms with Gasteiger partial charge in [0.05, 0.1) is 18.8 Å². The van der Waals surface area contributed by atoms with Gasteiger partial charge < -0.3 is 15.5 Å². The predicted molar refractivity (Wildman–Crippen MR) is 271 cm³/mol. The van der Waals surface area contributed by atoms with E-state index in [2.05, 4.69) is 67.8 Å². The zero-order valence-electron chi connectivity index (χ0n) is 40.9. The second-order valence-electron chi connectivity index (χ2n) is 18.3. The van der Waals surface area contributed by atoms with Gasteiger partial charge in [-0.05, 0) is 77.0 Å². The summed E-state index contributed by atoms with van der Waals surface area (Å²) in [6.07, 6.45) is 73.7. The van der Waals surface area contributed by atoms with Gasteiger partial charge in [-0.1, -0.05) is 254 Å². The summed E-state index contributed by atoms with van der Waals surface area (Å²) < 4.78 is 0. The van der Waals surface area contributed by atoms with E-state index >= 15 is 0 Å². The van der Waals surface area contributed by atoms with Crippen LogP contribution in [-0.2, 0) is 4.79 Å². The van der Waals surface area contributed by atoms with Gasteiger partial charge in [-0.3, -0.25) is 4.79 Å². The Bertz CT molecular complexity index is 1010. The van der Waals surface area contributed by atoms with Crippen LogP contribution in [0.25, 0.3) is 0 Å². The van der Waals surface area contributed by atoms with E-state index in [9.17, 15) is 15.0 Å². The van der Waals surface area contributed by atoms with Crippen molar-refractivity contribution in [1.29, 1.82) is 0 Å². The van der Waals surface area contributed by atoms with E-state index in [0.29, 0.717) is 6.42 Å². The van der Waals surface area contributed by atoms with Crippen molar-refractivity contribution in [2.75, 3.05) is 6.61 Å². The second-order valence-corrected chi connectivity index (χ2v) is 18.3. The number of rotatable bonds is 49. The van der Waals surface area contributed by atoms with Gasteiger partial charge >= 0.3 is 0 Å². The molecule has 2 atom stereocenters. The average Bonchev–Trinajstić information content (AvgIpc) is 3.26. The molecule has 0 bridgehead atoms. The fourth-order valence-corrected chi connectivity index (χ4v) is 8.07. The summed E-state index contributed by atoms with van der Waals surface area (Å²) in [5, 5.41) is 23.1. The molecule has 0 saturated carbocycles. The molecule has 0 spiro atoms. The van der Waals surface area contributed by atoms with Crippen molar-refractivity contribution in [3.8, 4) is 0 Å².